The van der Waals surface area contributed by atoms with Crippen molar-refractivity contribution in [2.24, 2.45) is 0 Å². The number of halogens is 3. The van der Waals surface area contributed by atoms with Gasteiger partial charge in [-0.15, -0.1) is 0 Å². The molecule has 1 fully saturated rings. The third-order valence-electron chi connectivity index (χ3n) is 3.75. The molecule has 4 heteroatoms. The summed E-state index contributed by atoms with van der Waals surface area (Å²) >= 11 is 0. The van der Waals surface area contributed by atoms with Crippen LogP contribution in [-0.4, -0.2) is 12.1 Å². The molecule has 0 aliphatic carbocycles. The molecular formula is C15H20F3N. The van der Waals surface area contributed by atoms with Gasteiger partial charge in [0.1, 0.15) is 0 Å². The smallest absolute Gasteiger partial charge is 0.311 e. The van der Waals surface area contributed by atoms with Gasteiger partial charge in [-0.1, -0.05) is 24.6 Å². The summed E-state index contributed by atoms with van der Waals surface area (Å²) in [6.45, 7) is 2.16. The summed E-state index contributed by atoms with van der Waals surface area (Å²) in [5.41, 5.74) is 0.227. The summed E-state index contributed by atoms with van der Waals surface area (Å²) < 4.78 is 37.8. The summed E-state index contributed by atoms with van der Waals surface area (Å²) in [7, 11) is 0. The Morgan fingerprint density at radius 1 is 1.26 bits per heavy atom. The van der Waals surface area contributed by atoms with Gasteiger partial charge in [0.2, 0.25) is 0 Å². The average Bonchev–Trinajstić information content (AvgIpc) is 2.36. The van der Waals surface area contributed by atoms with E-state index in [1.165, 1.54) is 25.0 Å². The molecule has 19 heavy (non-hydrogen) atoms. The molecule has 0 radical (unpaired) electrons. The number of benzene rings is 1. The number of alkyl halides is 3. The lowest BCUT2D eigenvalue weighted by molar-refractivity contribution is -0.137. The minimum absolute atomic E-state index is 0.443. The highest BCUT2D eigenvalue weighted by molar-refractivity contribution is 5.25. The van der Waals surface area contributed by atoms with E-state index in [9.17, 15) is 13.2 Å². The summed E-state index contributed by atoms with van der Waals surface area (Å²) in [5.74, 6) is 0. The number of rotatable bonds is 3. The second-order valence-corrected chi connectivity index (χ2v) is 5.43. The Morgan fingerprint density at radius 2 is 2.05 bits per heavy atom. The molecule has 2 atom stereocenters. The van der Waals surface area contributed by atoms with Crippen LogP contribution in [0.15, 0.2) is 24.3 Å². The fraction of sp³-hybridized carbons (Fsp3) is 0.600. The summed E-state index contributed by atoms with van der Waals surface area (Å²) in [5, 5.41) is 3.51. The minimum atomic E-state index is -4.24. The molecule has 1 nitrogen and oxygen atoms in total. The van der Waals surface area contributed by atoms with E-state index in [1.54, 1.807) is 6.07 Å². The molecule has 2 unspecified atom stereocenters. The second-order valence-electron chi connectivity index (χ2n) is 5.43. The molecule has 0 aromatic heterocycles. The zero-order valence-corrected chi connectivity index (χ0v) is 11.1. The zero-order chi connectivity index (χ0) is 13.9. The lowest BCUT2D eigenvalue weighted by Gasteiger charge is -2.28. The lowest BCUT2D eigenvalue weighted by Crippen LogP contribution is -2.40. The maximum Gasteiger partial charge on any atom is 0.416 e. The molecule has 1 N–H and O–H groups in total. The molecular weight excluding hydrogens is 251 g/mol. The number of hydrogen-bond donors (Lipinski definition) is 1. The van der Waals surface area contributed by atoms with Gasteiger partial charge in [-0.05, 0) is 44.2 Å². The summed E-state index contributed by atoms with van der Waals surface area (Å²) in [4.78, 5) is 0. The highest BCUT2D eigenvalue weighted by Crippen LogP contribution is 2.30. The van der Waals surface area contributed by atoms with Crippen LogP contribution in [0, 0.1) is 0 Å². The Bertz CT molecular complexity index is 414. The lowest BCUT2D eigenvalue weighted by atomic mass is 9.94. The van der Waals surface area contributed by atoms with E-state index in [0.29, 0.717) is 18.5 Å². The minimum Gasteiger partial charge on any atom is -0.311 e. The predicted octanol–water partition coefficient (Wildman–Crippen LogP) is 4.17. The van der Waals surface area contributed by atoms with Crippen molar-refractivity contribution in [3.63, 3.8) is 0 Å². The van der Waals surface area contributed by atoms with Gasteiger partial charge in [-0.3, -0.25) is 0 Å². The molecule has 0 amide bonds. The van der Waals surface area contributed by atoms with E-state index in [4.69, 9.17) is 0 Å². The Balaban J connectivity index is 1.92. The van der Waals surface area contributed by atoms with Crippen molar-refractivity contribution < 1.29 is 13.2 Å². The highest BCUT2D eigenvalue weighted by Gasteiger charge is 2.30. The SMILES string of the molecule is CC1CCCC(CCc2cccc(C(F)(F)F)c2)N1. The van der Waals surface area contributed by atoms with Gasteiger partial charge in [-0.25, -0.2) is 0 Å². The van der Waals surface area contributed by atoms with Crippen LogP contribution in [-0.2, 0) is 12.6 Å². The second kappa shape index (κ2) is 5.95. The standard InChI is InChI=1S/C15H20F3N/c1-11-4-2-7-14(19-11)9-8-12-5-3-6-13(10-12)15(16,17)18/h3,5-6,10-11,14,19H,2,4,7-9H2,1H3. The number of piperidine rings is 1. The molecule has 106 valence electrons. The molecule has 1 aromatic rings. The molecule has 2 rings (SSSR count). The van der Waals surface area contributed by atoms with Crippen LogP contribution in [0.2, 0.25) is 0 Å². The maximum atomic E-state index is 12.6. The van der Waals surface area contributed by atoms with Crippen molar-refractivity contribution in [2.45, 2.75) is 57.3 Å². The molecule has 1 heterocycles. The Morgan fingerprint density at radius 3 is 2.74 bits per heavy atom. The predicted molar refractivity (Wildman–Crippen MR) is 70.0 cm³/mol. The van der Waals surface area contributed by atoms with E-state index in [1.807, 2.05) is 0 Å². The first-order valence-electron chi connectivity index (χ1n) is 6.87. The first-order valence-corrected chi connectivity index (χ1v) is 6.87. The van der Waals surface area contributed by atoms with Crippen LogP contribution in [0.5, 0.6) is 0 Å². The van der Waals surface area contributed by atoms with E-state index >= 15 is 0 Å². The Labute approximate surface area is 112 Å². The summed E-state index contributed by atoms with van der Waals surface area (Å²) in [6, 6.07) is 6.64. The van der Waals surface area contributed by atoms with Crippen molar-refractivity contribution in [2.75, 3.05) is 0 Å². The van der Waals surface area contributed by atoms with Gasteiger partial charge in [0.05, 0.1) is 5.56 Å². The van der Waals surface area contributed by atoms with Gasteiger partial charge in [-0.2, -0.15) is 13.2 Å². The van der Waals surface area contributed by atoms with Crippen LogP contribution in [0.4, 0.5) is 13.2 Å². The largest absolute Gasteiger partial charge is 0.416 e. The first-order chi connectivity index (χ1) is 8.95. The van der Waals surface area contributed by atoms with Gasteiger partial charge in [0.15, 0.2) is 0 Å². The molecule has 0 spiro atoms. The van der Waals surface area contributed by atoms with Crippen molar-refractivity contribution >= 4 is 0 Å². The Kier molecular flexibility index (Phi) is 4.50. The quantitative estimate of drug-likeness (QED) is 0.870. The molecule has 0 saturated carbocycles. The van der Waals surface area contributed by atoms with Crippen LogP contribution >= 0.6 is 0 Å². The first kappa shape index (κ1) is 14.4. The third kappa shape index (κ3) is 4.23. The average molecular weight is 271 g/mol. The van der Waals surface area contributed by atoms with E-state index < -0.39 is 11.7 Å². The van der Waals surface area contributed by atoms with Crippen molar-refractivity contribution in [1.29, 1.82) is 0 Å². The fourth-order valence-electron chi connectivity index (χ4n) is 2.71. The van der Waals surface area contributed by atoms with Crippen molar-refractivity contribution in [1.82, 2.24) is 5.32 Å². The van der Waals surface area contributed by atoms with Crippen LogP contribution < -0.4 is 5.32 Å². The fourth-order valence-corrected chi connectivity index (χ4v) is 2.71. The van der Waals surface area contributed by atoms with Crippen LogP contribution in [0.3, 0.4) is 0 Å². The van der Waals surface area contributed by atoms with Gasteiger partial charge in [0, 0.05) is 12.1 Å². The molecule has 1 aliphatic heterocycles. The topological polar surface area (TPSA) is 12.0 Å². The van der Waals surface area contributed by atoms with Crippen LogP contribution in [0.25, 0.3) is 0 Å². The number of aryl methyl sites for hydroxylation is 1. The van der Waals surface area contributed by atoms with Gasteiger partial charge >= 0.3 is 6.18 Å². The normalized spacial score (nSPS) is 24.4. The number of nitrogens with one attached hydrogen (secondary N) is 1. The molecule has 0 bridgehead atoms. The van der Waals surface area contributed by atoms with E-state index in [-0.39, 0.29) is 0 Å². The zero-order valence-electron chi connectivity index (χ0n) is 11.1. The third-order valence-corrected chi connectivity index (χ3v) is 3.75. The molecule has 1 saturated heterocycles. The van der Waals surface area contributed by atoms with Gasteiger partial charge < -0.3 is 5.32 Å². The van der Waals surface area contributed by atoms with Crippen molar-refractivity contribution in [3.8, 4) is 0 Å². The van der Waals surface area contributed by atoms with Crippen molar-refractivity contribution in [3.05, 3.63) is 35.4 Å². The highest BCUT2D eigenvalue weighted by atomic mass is 19.4. The molecule has 1 aliphatic rings. The monoisotopic (exact) mass is 271 g/mol. The summed E-state index contributed by atoms with van der Waals surface area (Å²) in [6.07, 6.45) is 0.901. The Hall–Kier alpha value is -1.03. The van der Waals surface area contributed by atoms with Crippen LogP contribution in [0.1, 0.15) is 43.7 Å². The van der Waals surface area contributed by atoms with E-state index in [2.05, 4.69) is 12.2 Å². The number of hydrogen-bond acceptors (Lipinski definition) is 1. The van der Waals surface area contributed by atoms with Gasteiger partial charge in [0.25, 0.3) is 0 Å². The van der Waals surface area contributed by atoms with E-state index in [0.717, 1.165) is 24.5 Å². The molecule has 1 aromatic carbocycles. The maximum absolute atomic E-state index is 12.6.